The molecule has 0 unspecified atom stereocenters. The van der Waals surface area contributed by atoms with E-state index >= 15 is 0 Å². The first kappa shape index (κ1) is 20.6. The molecule has 0 amide bonds. The number of nitrogens with two attached hydrogens (primary N) is 1. The van der Waals surface area contributed by atoms with E-state index in [2.05, 4.69) is 17.2 Å². The topological polar surface area (TPSA) is 78.1 Å². The van der Waals surface area contributed by atoms with Gasteiger partial charge in [-0.05, 0) is 6.42 Å². The van der Waals surface area contributed by atoms with Crippen molar-refractivity contribution in [3.05, 3.63) is 18.2 Å². The predicted molar refractivity (Wildman–Crippen MR) is 99.9 cm³/mol. The Morgan fingerprint density at radius 3 is 2.27 bits per heavy atom. The molecule has 0 aliphatic rings. The number of rotatable bonds is 9. The summed E-state index contributed by atoms with van der Waals surface area (Å²) in [7, 11) is 3.21. The first-order chi connectivity index (χ1) is 10.2. The molecule has 0 atom stereocenters. The summed E-state index contributed by atoms with van der Waals surface area (Å²) < 4.78 is 16.0. The SMILES string of the molecule is CCCCN=C(N)NCCOc1cc(OC)cc(OC)c1.I. The van der Waals surface area contributed by atoms with Crippen molar-refractivity contribution < 1.29 is 14.2 Å². The third-order valence-electron chi connectivity index (χ3n) is 2.80. The van der Waals surface area contributed by atoms with E-state index in [1.54, 1.807) is 32.4 Å². The van der Waals surface area contributed by atoms with Crippen LogP contribution >= 0.6 is 24.0 Å². The number of guanidine groups is 1. The maximum Gasteiger partial charge on any atom is 0.188 e. The first-order valence-electron chi connectivity index (χ1n) is 7.09. The van der Waals surface area contributed by atoms with Gasteiger partial charge in [0.25, 0.3) is 0 Å². The molecule has 0 radical (unpaired) electrons. The highest BCUT2D eigenvalue weighted by Crippen LogP contribution is 2.27. The number of aliphatic imine (C=N–C) groups is 1. The molecule has 0 heterocycles. The van der Waals surface area contributed by atoms with Gasteiger partial charge < -0.3 is 25.3 Å². The fourth-order valence-corrected chi connectivity index (χ4v) is 1.63. The van der Waals surface area contributed by atoms with Gasteiger partial charge in [-0.3, -0.25) is 4.99 Å². The van der Waals surface area contributed by atoms with Crippen molar-refractivity contribution in [2.45, 2.75) is 19.8 Å². The molecule has 0 spiro atoms. The van der Waals surface area contributed by atoms with Gasteiger partial charge in [0.05, 0.1) is 20.8 Å². The van der Waals surface area contributed by atoms with Crippen LogP contribution in [0.5, 0.6) is 17.2 Å². The van der Waals surface area contributed by atoms with Crippen LogP contribution in [-0.2, 0) is 0 Å². The second kappa shape index (κ2) is 12.2. The molecule has 0 saturated heterocycles. The van der Waals surface area contributed by atoms with Gasteiger partial charge in [-0.15, -0.1) is 24.0 Å². The van der Waals surface area contributed by atoms with Crippen molar-refractivity contribution in [2.24, 2.45) is 10.7 Å². The second-order valence-corrected chi connectivity index (χ2v) is 4.44. The molecule has 1 aromatic carbocycles. The highest BCUT2D eigenvalue weighted by Gasteiger charge is 2.02. The lowest BCUT2D eigenvalue weighted by molar-refractivity contribution is 0.315. The van der Waals surface area contributed by atoms with Crippen LogP contribution in [0.1, 0.15) is 19.8 Å². The molecular formula is C15H26IN3O3. The lowest BCUT2D eigenvalue weighted by Gasteiger charge is -2.11. The van der Waals surface area contributed by atoms with Gasteiger partial charge in [0.2, 0.25) is 0 Å². The van der Waals surface area contributed by atoms with E-state index < -0.39 is 0 Å². The Bertz CT molecular complexity index is 433. The standard InChI is InChI=1S/C15H25N3O3.HI/c1-4-5-6-17-15(16)18-7-8-21-14-10-12(19-2)9-13(11-14)20-3;/h9-11H,4-8H2,1-3H3,(H3,16,17,18);1H. The summed E-state index contributed by atoms with van der Waals surface area (Å²) in [5.41, 5.74) is 5.73. The number of hydrogen-bond acceptors (Lipinski definition) is 4. The molecule has 0 fully saturated rings. The molecule has 0 aliphatic carbocycles. The van der Waals surface area contributed by atoms with E-state index in [1.807, 2.05) is 0 Å². The molecule has 1 aromatic rings. The van der Waals surface area contributed by atoms with Crippen LogP contribution in [0.4, 0.5) is 0 Å². The van der Waals surface area contributed by atoms with Gasteiger partial charge in [0.15, 0.2) is 5.96 Å². The summed E-state index contributed by atoms with van der Waals surface area (Å²) in [4.78, 5) is 4.20. The summed E-state index contributed by atoms with van der Waals surface area (Å²) in [6.45, 7) is 3.93. The summed E-state index contributed by atoms with van der Waals surface area (Å²) in [6.07, 6.45) is 2.15. The molecule has 126 valence electrons. The lowest BCUT2D eigenvalue weighted by atomic mass is 10.3. The van der Waals surface area contributed by atoms with Gasteiger partial charge >= 0.3 is 0 Å². The van der Waals surface area contributed by atoms with Crippen molar-refractivity contribution >= 4 is 29.9 Å². The lowest BCUT2D eigenvalue weighted by Crippen LogP contribution is -2.34. The molecule has 0 saturated carbocycles. The molecule has 1 rings (SSSR count). The Morgan fingerprint density at radius 1 is 1.14 bits per heavy atom. The number of ether oxygens (including phenoxy) is 3. The third-order valence-corrected chi connectivity index (χ3v) is 2.80. The van der Waals surface area contributed by atoms with Crippen LogP contribution in [0.3, 0.4) is 0 Å². The van der Waals surface area contributed by atoms with E-state index in [0.29, 0.717) is 36.4 Å². The summed E-state index contributed by atoms with van der Waals surface area (Å²) in [6, 6.07) is 5.41. The van der Waals surface area contributed by atoms with Crippen LogP contribution in [-0.4, -0.2) is 39.9 Å². The maximum atomic E-state index is 5.73. The fourth-order valence-electron chi connectivity index (χ4n) is 1.63. The average Bonchev–Trinajstić information content (AvgIpc) is 2.51. The fraction of sp³-hybridized carbons (Fsp3) is 0.533. The van der Waals surface area contributed by atoms with Crippen LogP contribution in [0, 0.1) is 0 Å². The Balaban J connectivity index is 0.00000441. The zero-order valence-electron chi connectivity index (χ0n) is 13.4. The average molecular weight is 423 g/mol. The molecule has 0 aromatic heterocycles. The quantitative estimate of drug-likeness (QED) is 0.276. The van der Waals surface area contributed by atoms with Gasteiger partial charge in [0, 0.05) is 24.7 Å². The van der Waals surface area contributed by atoms with Crippen molar-refractivity contribution in [3.8, 4) is 17.2 Å². The highest BCUT2D eigenvalue weighted by atomic mass is 127. The van der Waals surface area contributed by atoms with Gasteiger partial charge in [-0.1, -0.05) is 13.3 Å². The zero-order chi connectivity index (χ0) is 15.5. The minimum absolute atomic E-state index is 0. The first-order valence-corrected chi connectivity index (χ1v) is 7.09. The van der Waals surface area contributed by atoms with E-state index in [1.165, 1.54) is 0 Å². The Kier molecular flexibility index (Phi) is 11.4. The number of methoxy groups -OCH3 is 2. The maximum absolute atomic E-state index is 5.73. The number of nitrogens with one attached hydrogen (secondary N) is 1. The number of halogens is 1. The normalized spacial score (nSPS) is 10.6. The molecule has 22 heavy (non-hydrogen) atoms. The summed E-state index contributed by atoms with van der Waals surface area (Å²) in [5, 5.41) is 3.01. The van der Waals surface area contributed by atoms with Crippen LogP contribution in [0.25, 0.3) is 0 Å². The Hall–Kier alpha value is -1.38. The van der Waals surface area contributed by atoms with Gasteiger partial charge in [-0.2, -0.15) is 0 Å². The van der Waals surface area contributed by atoms with Crippen LogP contribution < -0.4 is 25.3 Å². The summed E-state index contributed by atoms with van der Waals surface area (Å²) >= 11 is 0. The molecule has 0 aliphatic heterocycles. The Morgan fingerprint density at radius 2 is 1.73 bits per heavy atom. The van der Waals surface area contributed by atoms with Crippen molar-refractivity contribution in [1.82, 2.24) is 5.32 Å². The minimum atomic E-state index is 0. The zero-order valence-corrected chi connectivity index (χ0v) is 15.8. The van der Waals surface area contributed by atoms with Crippen molar-refractivity contribution in [1.29, 1.82) is 0 Å². The number of nitrogens with zero attached hydrogens (tertiary/aromatic N) is 1. The second-order valence-electron chi connectivity index (χ2n) is 4.44. The Labute approximate surface area is 149 Å². The monoisotopic (exact) mass is 423 g/mol. The minimum Gasteiger partial charge on any atom is -0.496 e. The molecular weight excluding hydrogens is 397 g/mol. The predicted octanol–water partition coefficient (Wildman–Crippen LogP) is 2.41. The smallest absolute Gasteiger partial charge is 0.188 e. The largest absolute Gasteiger partial charge is 0.496 e. The van der Waals surface area contributed by atoms with Crippen molar-refractivity contribution in [3.63, 3.8) is 0 Å². The molecule has 6 nitrogen and oxygen atoms in total. The number of unbranched alkanes of at least 4 members (excludes halogenated alkanes) is 1. The van der Waals surface area contributed by atoms with Gasteiger partial charge in [0.1, 0.15) is 23.9 Å². The van der Waals surface area contributed by atoms with Crippen LogP contribution in [0.15, 0.2) is 23.2 Å². The molecule has 3 N–H and O–H groups in total. The van der Waals surface area contributed by atoms with E-state index in [0.717, 1.165) is 19.4 Å². The number of benzene rings is 1. The van der Waals surface area contributed by atoms with E-state index in [9.17, 15) is 0 Å². The third kappa shape index (κ3) is 8.16. The molecule has 0 bridgehead atoms. The highest BCUT2D eigenvalue weighted by molar-refractivity contribution is 14.0. The van der Waals surface area contributed by atoms with Crippen molar-refractivity contribution in [2.75, 3.05) is 33.9 Å². The number of hydrogen-bond donors (Lipinski definition) is 2. The van der Waals surface area contributed by atoms with Gasteiger partial charge in [-0.25, -0.2) is 0 Å². The van der Waals surface area contributed by atoms with Crippen LogP contribution in [0.2, 0.25) is 0 Å². The molecule has 7 heteroatoms. The summed E-state index contributed by atoms with van der Waals surface area (Å²) in [5.74, 6) is 2.53. The van der Waals surface area contributed by atoms with E-state index in [-0.39, 0.29) is 24.0 Å². The van der Waals surface area contributed by atoms with E-state index in [4.69, 9.17) is 19.9 Å².